The van der Waals surface area contributed by atoms with E-state index >= 15 is 0 Å². The van der Waals surface area contributed by atoms with Gasteiger partial charge in [-0.2, -0.15) is 5.10 Å². The topological polar surface area (TPSA) is 88.1 Å². The summed E-state index contributed by atoms with van der Waals surface area (Å²) in [6.07, 6.45) is 3.45. The lowest BCUT2D eigenvalue weighted by molar-refractivity contribution is -0.122. The van der Waals surface area contributed by atoms with Gasteiger partial charge in [0.1, 0.15) is 0 Å². The maximum atomic E-state index is 12.2. The highest BCUT2D eigenvalue weighted by atomic mass is 16.2. The van der Waals surface area contributed by atoms with Crippen molar-refractivity contribution in [3.05, 3.63) is 71.5 Å². The van der Waals surface area contributed by atoms with Crippen molar-refractivity contribution in [1.82, 2.24) is 15.1 Å². The SMILES string of the molecule is Cc1cc(C)c(NC(=O)CNC(=O)CNc2cnn(-c3ccccc3)c2)c(C)c1. The molecule has 0 saturated heterocycles. The van der Waals surface area contributed by atoms with Crippen molar-refractivity contribution in [2.45, 2.75) is 20.8 Å². The molecular formula is C22H25N5O2. The van der Waals surface area contributed by atoms with Gasteiger partial charge in [-0.1, -0.05) is 35.9 Å². The Morgan fingerprint density at radius 2 is 1.66 bits per heavy atom. The Labute approximate surface area is 170 Å². The summed E-state index contributed by atoms with van der Waals surface area (Å²) >= 11 is 0. The Bertz CT molecular complexity index is 988. The Hall–Kier alpha value is -3.61. The molecule has 0 saturated carbocycles. The molecule has 3 N–H and O–H groups in total. The van der Waals surface area contributed by atoms with E-state index < -0.39 is 0 Å². The molecule has 0 aliphatic carbocycles. The first-order chi connectivity index (χ1) is 13.9. The standard InChI is InChI=1S/C22H25N5O2/c1-15-9-16(2)22(17(3)10-15)26-21(29)13-24-20(28)12-23-18-11-25-27(14-18)19-7-5-4-6-8-19/h4-11,14,23H,12-13H2,1-3H3,(H,24,28)(H,26,29). The molecule has 0 aliphatic rings. The second-order valence-electron chi connectivity index (χ2n) is 6.96. The summed E-state index contributed by atoms with van der Waals surface area (Å²) < 4.78 is 1.72. The highest BCUT2D eigenvalue weighted by Gasteiger charge is 2.10. The first-order valence-corrected chi connectivity index (χ1v) is 9.41. The van der Waals surface area contributed by atoms with Crippen LogP contribution in [0.3, 0.4) is 0 Å². The molecule has 0 unspecified atom stereocenters. The number of carbonyl (C=O) groups is 2. The van der Waals surface area contributed by atoms with Crippen molar-refractivity contribution in [3.8, 4) is 5.69 Å². The molecule has 3 rings (SSSR count). The number of para-hydroxylation sites is 1. The minimum Gasteiger partial charge on any atom is -0.374 e. The fourth-order valence-electron chi connectivity index (χ4n) is 3.12. The molecule has 0 atom stereocenters. The zero-order chi connectivity index (χ0) is 20.8. The molecule has 0 spiro atoms. The second kappa shape index (κ2) is 9.05. The number of anilines is 2. The van der Waals surface area contributed by atoms with Crippen LogP contribution < -0.4 is 16.0 Å². The molecule has 29 heavy (non-hydrogen) atoms. The summed E-state index contributed by atoms with van der Waals surface area (Å²) in [6.45, 7) is 5.89. The van der Waals surface area contributed by atoms with Gasteiger partial charge in [0.05, 0.1) is 36.9 Å². The van der Waals surface area contributed by atoms with Crippen molar-refractivity contribution in [2.24, 2.45) is 0 Å². The number of nitrogens with one attached hydrogen (secondary N) is 3. The number of nitrogens with zero attached hydrogens (tertiary/aromatic N) is 2. The van der Waals surface area contributed by atoms with Gasteiger partial charge in [0.2, 0.25) is 11.8 Å². The van der Waals surface area contributed by atoms with Crippen molar-refractivity contribution in [3.63, 3.8) is 0 Å². The minimum atomic E-state index is -0.273. The summed E-state index contributed by atoms with van der Waals surface area (Å²) in [4.78, 5) is 24.2. The van der Waals surface area contributed by atoms with Crippen LogP contribution in [0.2, 0.25) is 0 Å². The third kappa shape index (κ3) is 5.44. The Morgan fingerprint density at radius 1 is 0.966 bits per heavy atom. The Kier molecular flexibility index (Phi) is 6.29. The van der Waals surface area contributed by atoms with Gasteiger partial charge in [-0.3, -0.25) is 9.59 Å². The van der Waals surface area contributed by atoms with Gasteiger partial charge in [0, 0.05) is 5.69 Å². The molecule has 7 nitrogen and oxygen atoms in total. The van der Waals surface area contributed by atoms with Crippen LogP contribution in [0.1, 0.15) is 16.7 Å². The average Bonchev–Trinajstić information content (AvgIpc) is 3.17. The van der Waals surface area contributed by atoms with Crippen LogP contribution >= 0.6 is 0 Å². The molecule has 2 amide bonds. The summed E-state index contributed by atoms with van der Waals surface area (Å²) in [6, 6.07) is 13.7. The fourth-order valence-corrected chi connectivity index (χ4v) is 3.12. The lowest BCUT2D eigenvalue weighted by Crippen LogP contribution is -2.36. The van der Waals surface area contributed by atoms with E-state index in [1.54, 1.807) is 17.1 Å². The molecule has 0 aliphatic heterocycles. The summed E-state index contributed by atoms with van der Waals surface area (Å²) in [5.74, 6) is -0.532. The van der Waals surface area contributed by atoms with Gasteiger partial charge in [-0.05, 0) is 44.0 Å². The number of rotatable bonds is 7. The normalized spacial score (nSPS) is 10.4. The summed E-state index contributed by atoms with van der Waals surface area (Å²) in [7, 11) is 0. The number of hydrogen-bond acceptors (Lipinski definition) is 4. The molecule has 0 radical (unpaired) electrons. The molecular weight excluding hydrogens is 366 g/mol. The minimum absolute atomic E-state index is 0.0519. The number of amides is 2. The molecule has 7 heteroatoms. The molecule has 0 bridgehead atoms. The van der Waals surface area contributed by atoms with Gasteiger partial charge in [0.15, 0.2) is 0 Å². The maximum absolute atomic E-state index is 12.2. The van der Waals surface area contributed by atoms with Gasteiger partial charge in [0.25, 0.3) is 0 Å². The second-order valence-corrected chi connectivity index (χ2v) is 6.96. The van der Waals surface area contributed by atoms with E-state index in [9.17, 15) is 9.59 Å². The van der Waals surface area contributed by atoms with Crippen LogP contribution in [-0.2, 0) is 9.59 Å². The van der Waals surface area contributed by atoms with E-state index in [-0.39, 0.29) is 24.9 Å². The molecule has 3 aromatic rings. The molecule has 150 valence electrons. The van der Waals surface area contributed by atoms with Crippen molar-refractivity contribution >= 4 is 23.2 Å². The van der Waals surface area contributed by atoms with E-state index in [1.807, 2.05) is 63.2 Å². The number of aromatic nitrogens is 2. The largest absolute Gasteiger partial charge is 0.374 e. The van der Waals surface area contributed by atoms with E-state index in [4.69, 9.17) is 0 Å². The molecule has 1 aromatic heterocycles. The predicted octanol–water partition coefficient (Wildman–Crippen LogP) is 2.96. The Morgan fingerprint density at radius 3 is 2.34 bits per heavy atom. The first kappa shape index (κ1) is 20.1. The third-order valence-corrected chi connectivity index (χ3v) is 4.44. The average molecular weight is 391 g/mol. The number of hydrogen-bond donors (Lipinski definition) is 3. The third-order valence-electron chi connectivity index (χ3n) is 4.44. The number of aryl methyl sites for hydroxylation is 3. The van der Waals surface area contributed by atoms with Crippen LogP contribution in [0.15, 0.2) is 54.9 Å². The zero-order valence-electron chi connectivity index (χ0n) is 16.8. The number of carbonyl (C=O) groups excluding carboxylic acids is 2. The van der Waals surface area contributed by atoms with Crippen LogP contribution in [0.4, 0.5) is 11.4 Å². The molecule has 2 aromatic carbocycles. The van der Waals surface area contributed by atoms with Crippen molar-refractivity contribution in [1.29, 1.82) is 0 Å². The van der Waals surface area contributed by atoms with Gasteiger partial charge in [-0.25, -0.2) is 4.68 Å². The van der Waals surface area contributed by atoms with Crippen LogP contribution in [0, 0.1) is 20.8 Å². The van der Waals surface area contributed by atoms with E-state index in [1.165, 1.54) is 0 Å². The number of benzene rings is 2. The van der Waals surface area contributed by atoms with Crippen molar-refractivity contribution < 1.29 is 9.59 Å². The van der Waals surface area contributed by atoms with Crippen molar-refractivity contribution in [2.75, 3.05) is 23.7 Å². The zero-order valence-corrected chi connectivity index (χ0v) is 16.8. The Balaban J connectivity index is 1.46. The maximum Gasteiger partial charge on any atom is 0.243 e. The monoisotopic (exact) mass is 391 g/mol. The smallest absolute Gasteiger partial charge is 0.243 e. The van der Waals surface area contributed by atoms with Gasteiger partial charge in [-0.15, -0.1) is 0 Å². The van der Waals surface area contributed by atoms with E-state index in [0.717, 1.165) is 33.8 Å². The quantitative estimate of drug-likeness (QED) is 0.578. The first-order valence-electron chi connectivity index (χ1n) is 9.41. The van der Waals surface area contributed by atoms with Crippen LogP contribution in [-0.4, -0.2) is 34.7 Å². The van der Waals surface area contributed by atoms with Crippen LogP contribution in [0.25, 0.3) is 5.69 Å². The molecule has 0 fully saturated rings. The van der Waals surface area contributed by atoms with Gasteiger partial charge >= 0.3 is 0 Å². The highest BCUT2D eigenvalue weighted by molar-refractivity contribution is 5.96. The van der Waals surface area contributed by atoms with Crippen LogP contribution in [0.5, 0.6) is 0 Å². The lowest BCUT2D eigenvalue weighted by atomic mass is 10.1. The summed E-state index contributed by atoms with van der Waals surface area (Å²) in [5, 5.41) is 12.8. The van der Waals surface area contributed by atoms with E-state index in [2.05, 4.69) is 21.0 Å². The lowest BCUT2D eigenvalue weighted by Gasteiger charge is -2.13. The highest BCUT2D eigenvalue weighted by Crippen LogP contribution is 2.21. The van der Waals surface area contributed by atoms with Gasteiger partial charge < -0.3 is 16.0 Å². The fraction of sp³-hybridized carbons (Fsp3) is 0.227. The predicted molar refractivity (Wildman–Crippen MR) is 114 cm³/mol. The van der Waals surface area contributed by atoms with E-state index in [0.29, 0.717) is 0 Å². The molecule has 1 heterocycles. The summed E-state index contributed by atoms with van der Waals surface area (Å²) in [5.41, 5.74) is 5.59.